The minimum absolute atomic E-state index is 0.120. The number of terminal acetylenes is 1. The minimum atomic E-state index is -4.60. The van der Waals surface area contributed by atoms with Crippen LogP contribution >= 0.6 is 0 Å². The Kier molecular flexibility index (Phi) is 15.2. The zero-order valence-electron chi connectivity index (χ0n) is 22.0. The molecule has 0 spiro atoms. The molecule has 1 saturated heterocycles. The molecule has 2 heterocycles. The van der Waals surface area contributed by atoms with Gasteiger partial charge in [-0.05, 0) is 56.4 Å². The number of aromatic nitrogens is 1. The minimum Gasteiger partial charge on any atom is -0.376 e. The molecule has 1 N–H and O–H groups in total. The van der Waals surface area contributed by atoms with E-state index in [2.05, 4.69) is 23.1 Å². The topological polar surface area (TPSA) is 28.2 Å². The van der Waals surface area contributed by atoms with Crippen molar-refractivity contribution in [1.82, 2.24) is 9.88 Å². The zero-order valence-corrected chi connectivity index (χ0v) is 22.0. The van der Waals surface area contributed by atoms with E-state index in [1.807, 2.05) is 25.8 Å². The number of nitrogens with zero attached hydrogens (tertiary/aromatic N) is 2. The maximum absolute atomic E-state index is 13.4. The van der Waals surface area contributed by atoms with Gasteiger partial charge in [-0.3, -0.25) is 0 Å². The van der Waals surface area contributed by atoms with Crippen LogP contribution in [0.15, 0.2) is 65.6 Å². The fourth-order valence-corrected chi connectivity index (χ4v) is 3.74. The third kappa shape index (κ3) is 11.2. The summed E-state index contributed by atoms with van der Waals surface area (Å²) in [5.41, 5.74) is -0.635. The Morgan fingerprint density at radius 1 is 1.19 bits per heavy atom. The second kappa shape index (κ2) is 16.6. The van der Waals surface area contributed by atoms with Gasteiger partial charge < -0.3 is 10.2 Å². The number of anilines is 1. The van der Waals surface area contributed by atoms with E-state index in [9.17, 15) is 26.3 Å². The molecule has 0 aromatic carbocycles. The summed E-state index contributed by atoms with van der Waals surface area (Å²) >= 11 is 0. The lowest BCUT2D eigenvalue weighted by atomic mass is 9.98. The lowest BCUT2D eigenvalue weighted by molar-refractivity contribution is -0.140. The van der Waals surface area contributed by atoms with Crippen molar-refractivity contribution < 1.29 is 26.3 Å². The van der Waals surface area contributed by atoms with Gasteiger partial charge in [-0.1, -0.05) is 45.1 Å². The van der Waals surface area contributed by atoms with E-state index in [0.29, 0.717) is 18.5 Å². The number of hydrogen-bond acceptors (Lipinski definition) is 3. The molecule has 2 rings (SSSR count). The first-order chi connectivity index (χ1) is 17.5. The maximum Gasteiger partial charge on any atom is 0.435 e. The Balaban J connectivity index is 0.00000308. The molecule has 1 unspecified atom stereocenters. The molecule has 1 aromatic heterocycles. The number of halogens is 6. The highest BCUT2D eigenvalue weighted by Crippen LogP contribution is 2.35. The number of hydrogen-bond donors (Lipinski definition) is 1. The smallest absolute Gasteiger partial charge is 0.376 e. The summed E-state index contributed by atoms with van der Waals surface area (Å²) in [6.45, 7) is 8.06. The van der Waals surface area contributed by atoms with Gasteiger partial charge in [0.1, 0.15) is 0 Å². The summed E-state index contributed by atoms with van der Waals surface area (Å²) in [5, 5.41) is 2.96. The Morgan fingerprint density at radius 3 is 2.38 bits per heavy atom. The summed E-state index contributed by atoms with van der Waals surface area (Å²) in [6, 6.07) is 2.34. The van der Waals surface area contributed by atoms with Crippen LogP contribution in [-0.2, 0) is 6.18 Å². The van der Waals surface area contributed by atoms with Gasteiger partial charge >= 0.3 is 12.4 Å². The normalized spacial score (nSPS) is 18.1. The molecule has 0 saturated carbocycles. The van der Waals surface area contributed by atoms with E-state index in [0.717, 1.165) is 30.5 Å². The Morgan fingerprint density at radius 2 is 1.84 bits per heavy atom. The highest BCUT2D eigenvalue weighted by atomic mass is 19.4. The Labute approximate surface area is 217 Å². The molecule has 1 fully saturated rings. The second-order valence-corrected chi connectivity index (χ2v) is 7.78. The average molecular weight is 530 g/mol. The van der Waals surface area contributed by atoms with Crippen molar-refractivity contribution in [2.24, 2.45) is 0 Å². The number of alkyl halides is 6. The molecule has 3 nitrogen and oxygen atoms in total. The summed E-state index contributed by atoms with van der Waals surface area (Å²) in [5.74, 6) is 0. The standard InChI is InChI=1S/C24H29F6N3.C2H6.C2H2/c1-4-8-17(16-18(9-5-2)23(25,26)27)12-13-21-19(11-7-15-33(21)3)32-20-10-6-14-31-22(20)24(28,29)30;2*1-2/h4,6,8-10,13-14,16,19,32H,5,7,11-12,15H2,1-3H3;1-2H3;1-2H/b8-4-,17-16+,18-9-,21-13-;;. The second-order valence-electron chi connectivity index (χ2n) is 7.78. The summed E-state index contributed by atoms with van der Waals surface area (Å²) in [4.78, 5) is 5.40. The van der Waals surface area contributed by atoms with Crippen LogP contribution in [0.1, 0.15) is 59.1 Å². The summed E-state index contributed by atoms with van der Waals surface area (Å²) in [6.07, 6.45) is 9.15. The van der Waals surface area contributed by atoms with Crippen molar-refractivity contribution in [2.75, 3.05) is 18.9 Å². The predicted octanol–water partition coefficient (Wildman–Crippen LogP) is 8.56. The van der Waals surface area contributed by atoms with Crippen LogP contribution in [0, 0.1) is 12.8 Å². The molecule has 37 heavy (non-hydrogen) atoms. The van der Waals surface area contributed by atoms with Gasteiger partial charge in [-0.2, -0.15) is 26.3 Å². The molecule has 1 aliphatic heterocycles. The molecular weight excluding hydrogens is 492 g/mol. The molecule has 1 aliphatic rings. The van der Waals surface area contributed by atoms with Gasteiger partial charge in [0.2, 0.25) is 0 Å². The van der Waals surface area contributed by atoms with Crippen molar-refractivity contribution in [3.8, 4) is 12.8 Å². The number of piperidine rings is 1. The zero-order chi connectivity index (χ0) is 28.6. The van der Waals surface area contributed by atoms with Gasteiger partial charge in [0, 0.05) is 25.5 Å². The summed E-state index contributed by atoms with van der Waals surface area (Å²) in [7, 11) is 1.82. The van der Waals surface area contributed by atoms with Crippen LogP contribution in [0.2, 0.25) is 0 Å². The molecular formula is C28H37F6N3. The highest BCUT2D eigenvalue weighted by Gasteiger charge is 2.36. The lowest BCUT2D eigenvalue weighted by Crippen LogP contribution is -2.38. The predicted molar refractivity (Wildman–Crippen MR) is 140 cm³/mol. The number of pyridine rings is 1. The number of allylic oxidation sites excluding steroid dienone is 7. The van der Waals surface area contributed by atoms with Crippen LogP contribution in [0.25, 0.3) is 0 Å². The van der Waals surface area contributed by atoms with E-state index in [1.165, 1.54) is 12.1 Å². The Hall–Kier alpha value is -3.15. The molecule has 0 amide bonds. The van der Waals surface area contributed by atoms with Crippen molar-refractivity contribution in [3.05, 3.63) is 71.2 Å². The van der Waals surface area contributed by atoms with Gasteiger partial charge in [0.05, 0.1) is 17.3 Å². The quantitative estimate of drug-likeness (QED) is 0.218. The van der Waals surface area contributed by atoms with Crippen molar-refractivity contribution >= 4 is 5.69 Å². The van der Waals surface area contributed by atoms with Crippen LogP contribution in [0.4, 0.5) is 32.0 Å². The number of likely N-dealkylation sites (N-methyl/N-ethyl adjacent to an activating group) is 1. The van der Waals surface area contributed by atoms with Crippen LogP contribution in [0.3, 0.4) is 0 Å². The van der Waals surface area contributed by atoms with E-state index in [4.69, 9.17) is 0 Å². The van der Waals surface area contributed by atoms with E-state index < -0.39 is 29.7 Å². The largest absolute Gasteiger partial charge is 0.435 e. The third-order valence-electron chi connectivity index (χ3n) is 5.21. The average Bonchev–Trinajstić information content (AvgIpc) is 2.85. The van der Waals surface area contributed by atoms with Crippen LogP contribution in [-0.4, -0.2) is 35.7 Å². The first kappa shape index (κ1) is 33.8. The third-order valence-corrected chi connectivity index (χ3v) is 5.21. The number of rotatable bonds is 7. The molecule has 9 heteroatoms. The van der Waals surface area contributed by atoms with Crippen molar-refractivity contribution in [3.63, 3.8) is 0 Å². The van der Waals surface area contributed by atoms with Crippen LogP contribution < -0.4 is 5.32 Å². The van der Waals surface area contributed by atoms with E-state index in [-0.39, 0.29) is 18.5 Å². The van der Waals surface area contributed by atoms with Crippen molar-refractivity contribution in [1.29, 1.82) is 0 Å². The number of likely N-dealkylation sites (tertiary alicyclic amines) is 1. The number of nitrogens with one attached hydrogen (secondary N) is 1. The van der Waals surface area contributed by atoms with Gasteiger partial charge in [0.25, 0.3) is 0 Å². The monoisotopic (exact) mass is 529 g/mol. The van der Waals surface area contributed by atoms with Gasteiger partial charge in [0.15, 0.2) is 5.69 Å². The SMILES string of the molecule is C#C.CC.C\C=C/C(=C\C(=C\CC)C(F)(F)F)C/C=C1/C(Nc2cccnc2C(F)(F)F)CCCN1C. The molecule has 1 atom stereocenters. The molecule has 0 bridgehead atoms. The summed E-state index contributed by atoms with van der Waals surface area (Å²) < 4.78 is 80.1. The van der Waals surface area contributed by atoms with E-state index >= 15 is 0 Å². The molecule has 1 aromatic rings. The van der Waals surface area contributed by atoms with E-state index in [1.54, 1.807) is 32.1 Å². The highest BCUT2D eigenvalue weighted by molar-refractivity contribution is 5.51. The molecule has 0 aliphatic carbocycles. The van der Waals surface area contributed by atoms with Crippen LogP contribution in [0.5, 0.6) is 0 Å². The molecule has 206 valence electrons. The fraction of sp³-hybridized carbons (Fsp3) is 0.464. The van der Waals surface area contributed by atoms with Crippen molar-refractivity contribution in [2.45, 2.75) is 71.8 Å². The fourth-order valence-electron chi connectivity index (χ4n) is 3.74. The molecule has 0 radical (unpaired) electrons. The van der Waals surface area contributed by atoms with Gasteiger partial charge in [-0.15, -0.1) is 12.8 Å². The lowest BCUT2D eigenvalue weighted by Gasteiger charge is -2.36. The maximum atomic E-state index is 13.4. The van der Waals surface area contributed by atoms with Gasteiger partial charge in [-0.25, -0.2) is 4.98 Å². The first-order valence-electron chi connectivity index (χ1n) is 12.1. The first-order valence-corrected chi connectivity index (χ1v) is 12.1. The Bertz CT molecular complexity index is 953.